The van der Waals surface area contributed by atoms with Gasteiger partial charge in [-0.1, -0.05) is 28.1 Å². The Labute approximate surface area is 85.0 Å². The van der Waals surface area contributed by atoms with E-state index in [9.17, 15) is 10.1 Å². The molecule has 0 heterocycles. The molecule has 0 amide bonds. The largest absolute Gasteiger partial charge is 0.272 e. The molecule has 0 aromatic heterocycles. The first-order valence-electron chi connectivity index (χ1n) is 3.92. The number of nitrogens with zero attached hydrogens (tertiary/aromatic N) is 1. The van der Waals surface area contributed by atoms with E-state index in [1.165, 1.54) is 6.07 Å². The smallest absolute Gasteiger partial charge is 0.258 e. The Hall–Kier alpha value is -0.900. The molecule has 1 atom stereocenters. The lowest BCUT2D eigenvalue weighted by Crippen LogP contribution is -1.96. The molecule has 0 saturated carbocycles. The van der Waals surface area contributed by atoms with Crippen molar-refractivity contribution in [2.75, 3.05) is 0 Å². The average Bonchev–Trinajstić information content (AvgIpc) is 2.03. The van der Waals surface area contributed by atoms with Crippen LogP contribution in [0.25, 0.3) is 0 Å². The number of nitro groups is 1. The Morgan fingerprint density at radius 1 is 1.54 bits per heavy atom. The molecule has 70 valence electrons. The van der Waals surface area contributed by atoms with Gasteiger partial charge in [0.05, 0.1) is 4.92 Å². The highest BCUT2D eigenvalue weighted by atomic mass is 79.9. The second-order valence-electron chi connectivity index (χ2n) is 2.86. The van der Waals surface area contributed by atoms with E-state index < -0.39 is 0 Å². The molecule has 3 nitrogen and oxygen atoms in total. The van der Waals surface area contributed by atoms with E-state index in [4.69, 9.17) is 0 Å². The van der Waals surface area contributed by atoms with E-state index in [1.807, 2.05) is 13.0 Å². The van der Waals surface area contributed by atoms with Crippen LogP contribution in [0.3, 0.4) is 0 Å². The molecule has 4 heteroatoms. The molecule has 13 heavy (non-hydrogen) atoms. The van der Waals surface area contributed by atoms with Gasteiger partial charge in [0.25, 0.3) is 5.69 Å². The summed E-state index contributed by atoms with van der Waals surface area (Å²) in [6, 6.07) is 5.12. The third kappa shape index (κ3) is 2.06. The molecule has 1 rings (SSSR count). The van der Waals surface area contributed by atoms with Crippen LogP contribution >= 0.6 is 15.9 Å². The van der Waals surface area contributed by atoms with Crippen LogP contribution in [0.1, 0.15) is 22.9 Å². The minimum atomic E-state index is -0.353. The first kappa shape index (κ1) is 10.2. The summed E-state index contributed by atoms with van der Waals surface area (Å²) in [7, 11) is 0. The van der Waals surface area contributed by atoms with Crippen molar-refractivity contribution >= 4 is 21.6 Å². The minimum Gasteiger partial charge on any atom is -0.258 e. The summed E-state index contributed by atoms with van der Waals surface area (Å²) < 4.78 is 0. The third-order valence-corrected chi connectivity index (χ3v) is 2.47. The van der Waals surface area contributed by atoms with E-state index >= 15 is 0 Å². The van der Waals surface area contributed by atoms with E-state index in [1.54, 1.807) is 13.0 Å². The number of halogens is 1. The lowest BCUT2D eigenvalue weighted by atomic mass is 10.1. The summed E-state index contributed by atoms with van der Waals surface area (Å²) in [4.78, 5) is 10.4. The van der Waals surface area contributed by atoms with Crippen molar-refractivity contribution < 1.29 is 4.92 Å². The molecule has 0 fully saturated rings. The molecule has 0 saturated heterocycles. The SMILES string of the molecule is Cc1c(C(C)Br)cccc1[N+](=O)[O-]. The van der Waals surface area contributed by atoms with Gasteiger partial charge in [0.15, 0.2) is 0 Å². The monoisotopic (exact) mass is 243 g/mol. The van der Waals surface area contributed by atoms with E-state index in [0.29, 0.717) is 0 Å². The maximum Gasteiger partial charge on any atom is 0.272 e. The molecular weight excluding hydrogens is 234 g/mol. The van der Waals surface area contributed by atoms with Gasteiger partial charge in [-0.2, -0.15) is 0 Å². The number of alkyl halides is 1. The van der Waals surface area contributed by atoms with Crippen LogP contribution in [0.5, 0.6) is 0 Å². The Bertz CT molecular complexity index is 336. The number of hydrogen-bond donors (Lipinski definition) is 0. The van der Waals surface area contributed by atoms with E-state index in [2.05, 4.69) is 15.9 Å². The van der Waals surface area contributed by atoms with Crippen LogP contribution in [0.4, 0.5) is 5.69 Å². The minimum absolute atomic E-state index is 0.146. The zero-order chi connectivity index (χ0) is 10.0. The molecule has 0 aliphatic carbocycles. The zero-order valence-corrected chi connectivity index (χ0v) is 9.04. The van der Waals surface area contributed by atoms with Crippen LogP contribution < -0.4 is 0 Å². The van der Waals surface area contributed by atoms with Crippen molar-refractivity contribution in [1.29, 1.82) is 0 Å². The van der Waals surface area contributed by atoms with Crippen LogP contribution in [-0.4, -0.2) is 4.92 Å². The number of nitro benzene ring substituents is 1. The molecular formula is C9H10BrNO2. The number of benzene rings is 1. The van der Waals surface area contributed by atoms with E-state index in [-0.39, 0.29) is 15.4 Å². The fourth-order valence-electron chi connectivity index (χ4n) is 1.27. The van der Waals surface area contributed by atoms with Crippen molar-refractivity contribution in [3.05, 3.63) is 39.4 Å². The van der Waals surface area contributed by atoms with Crippen molar-refractivity contribution in [3.63, 3.8) is 0 Å². The second-order valence-corrected chi connectivity index (χ2v) is 4.24. The summed E-state index contributed by atoms with van der Waals surface area (Å²) in [5.74, 6) is 0. The summed E-state index contributed by atoms with van der Waals surface area (Å²) in [5.41, 5.74) is 1.88. The predicted molar refractivity (Wildman–Crippen MR) is 55.2 cm³/mol. The number of hydrogen-bond acceptors (Lipinski definition) is 2. The topological polar surface area (TPSA) is 43.1 Å². The molecule has 1 unspecified atom stereocenters. The van der Waals surface area contributed by atoms with Gasteiger partial charge >= 0.3 is 0 Å². The quantitative estimate of drug-likeness (QED) is 0.454. The molecule has 0 radical (unpaired) electrons. The van der Waals surface area contributed by atoms with Crippen LogP contribution in [0.2, 0.25) is 0 Å². The number of rotatable bonds is 2. The van der Waals surface area contributed by atoms with Gasteiger partial charge in [-0.25, -0.2) is 0 Å². The average molecular weight is 244 g/mol. The Morgan fingerprint density at radius 2 is 2.15 bits per heavy atom. The van der Waals surface area contributed by atoms with Gasteiger partial charge in [-0.15, -0.1) is 0 Å². The summed E-state index contributed by atoms with van der Waals surface area (Å²) >= 11 is 3.39. The molecule has 0 spiro atoms. The van der Waals surface area contributed by atoms with Gasteiger partial charge in [-0.3, -0.25) is 10.1 Å². The first-order valence-corrected chi connectivity index (χ1v) is 4.83. The van der Waals surface area contributed by atoms with Crippen molar-refractivity contribution in [2.24, 2.45) is 0 Å². The maximum absolute atomic E-state index is 10.6. The van der Waals surface area contributed by atoms with Crippen LogP contribution in [0.15, 0.2) is 18.2 Å². The summed E-state index contributed by atoms with van der Waals surface area (Å²) in [6.07, 6.45) is 0. The predicted octanol–water partition coefficient (Wildman–Crippen LogP) is 3.36. The van der Waals surface area contributed by atoms with Gasteiger partial charge < -0.3 is 0 Å². The zero-order valence-electron chi connectivity index (χ0n) is 7.45. The summed E-state index contributed by atoms with van der Waals surface area (Å²) in [5, 5.41) is 10.6. The van der Waals surface area contributed by atoms with Crippen molar-refractivity contribution in [1.82, 2.24) is 0 Å². The highest BCUT2D eigenvalue weighted by molar-refractivity contribution is 9.09. The lowest BCUT2D eigenvalue weighted by molar-refractivity contribution is -0.385. The van der Waals surface area contributed by atoms with Gasteiger partial charge in [0, 0.05) is 16.5 Å². The van der Waals surface area contributed by atoms with Gasteiger partial charge in [0.2, 0.25) is 0 Å². The van der Waals surface area contributed by atoms with Crippen LogP contribution in [-0.2, 0) is 0 Å². The molecule has 0 bridgehead atoms. The van der Waals surface area contributed by atoms with Gasteiger partial charge in [-0.05, 0) is 19.4 Å². The molecule has 1 aromatic rings. The standard InChI is InChI=1S/C9H10BrNO2/c1-6-8(7(2)10)4-3-5-9(6)11(12)13/h3-5,7H,1-2H3. The highest BCUT2D eigenvalue weighted by Gasteiger charge is 2.14. The molecule has 0 N–H and O–H groups in total. The Balaban J connectivity index is 3.26. The lowest BCUT2D eigenvalue weighted by Gasteiger charge is -2.07. The Morgan fingerprint density at radius 3 is 2.62 bits per heavy atom. The fraction of sp³-hybridized carbons (Fsp3) is 0.333. The first-order chi connectivity index (χ1) is 6.04. The fourth-order valence-corrected chi connectivity index (χ4v) is 1.77. The second kappa shape index (κ2) is 3.87. The van der Waals surface area contributed by atoms with Gasteiger partial charge in [0.1, 0.15) is 0 Å². The van der Waals surface area contributed by atoms with Crippen LogP contribution in [0, 0.1) is 17.0 Å². The third-order valence-electron chi connectivity index (χ3n) is 1.97. The molecule has 0 aliphatic heterocycles. The normalized spacial score (nSPS) is 12.5. The molecule has 1 aromatic carbocycles. The van der Waals surface area contributed by atoms with Crippen molar-refractivity contribution in [2.45, 2.75) is 18.7 Å². The van der Waals surface area contributed by atoms with Crippen molar-refractivity contribution in [3.8, 4) is 0 Å². The maximum atomic E-state index is 10.6. The summed E-state index contributed by atoms with van der Waals surface area (Å²) in [6.45, 7) is 3.72. The Kier molecular flexibility index (Phi) is 3.03. The highest BCUT2D eigenvalue weighted by Crippen LogP contribution is 2.29. The molecule has 0 aliphatic rings. The van der Waals surface area contributed by atoms with E-state index in [0.717, 1.165) is 11.1 Å².